The molecule has 0 spiro atoms. The second kappa shape index (κ2) is 3.97. The number of nitrogens with zero attached hydrogens (tertiary/aromatic N) is 1. The van der Waals surface area contributed by atoms with Crippen molar-refractivity contribution in [2.45, 2.75) is 5.75 Å². The quantitative estimate of drug-likeness (QED) is 0.600. The first-order valence-corrected chi connectivity index (χ1v) is 3.88. The number of nitriles is 1. The summed E-state index contributed by atoms with van der Waals surface area (Å²) in [5.74, 6) is 0.758. The van der Waals surface area contributed by atoms with Gasteiger partial charge in [-0.05, 0) is 23.4 Å². The molecule has 0 amide bonds. The van der Waals surface area contributed by atoms with E-state index in [0.717, 1.165) is 11.3 Å². The van der Waals surface area contributed by atoms with Gasteiger partial charge in [0.1, 0.15) is 5.40 Å². The van der Waals surface area contributed by atoms with Crippen LogP contribution in [0.3, 0.4) is 0 Å². The zero-order valence-electron chi connectivity index (χ0n) is 5.37. The number of thiocyanates is 1. The lowest BCUT2D eigenvalue weighted by molar-refractivity contribution is 1.42. The van der Waals surface area contributed by atoms with E-state index in [4.69, 9.17) is 5.26 Å². The van der Waals surface area contributed by atoms with E-state index < -0.39 is 0 Å². The van der Waals surface area contributed by atoms with E-state index >= 15 is 0 Å². The Bertz CT molecular complexity index is 225. The smallest absolute Gasteiger partial charge is 0.133 e. The van der Waals surface area contributed by atoms with Crippen LogP contribution in [0.4, 0.5) is 0 Å². The summed E-state index contributed by atoms with van der Waals surface area (Å²) in [6.07, 6.45) is 0. The molecule has 1 rings (SSSR count). The summed E-state index contributed by atoms with van der Waals surface area (Å²) < 4.78 is 0. The predicted molar refractivity (Wildman–Crippen MR) is 42.2 cm³/mol. The molecular formula is C8H6NS. The van der Waals surface area contributed by atoms with Crippen LogP contribution in [-0.4, -0.2) is 0 Å². The van der Waals surface area contributed by atoms with Crippen LogP contribution in [0, 0.1) is 16.7 Å². The van der Waals surface area contributed by atoms with Gasteiger partial charge in [-0.3, -0.25) is 0 Å². The summed E-state index contributed by atoms with van der Waals surface area (Å²) in [5, 5.41) is 10.2. The third-order valence-electron chi connectivity index (χ3n) is 1.07. The van der Waals surface area contributed by atoms with Crippen molar-refractivity contribution in [1.82, 2.24) is 0 Å². The highest BCUT2D eigenvalue weighted by Gasteiger charge is 1.88. The molecule has 0 aliphatic rings. The van der Waals surface area contributed by atoms with Gasteiger partial charge in [0.25, 0.3) is 0 Å². The fourth-order valence-corrected chi connectivity index (χ4v) is 1.05. The molecule has 2 heteroatoms. The Morgan fingerprint density at radius 3 is 3.20 bits per heavy atom. The molecule has 1 aromatic rings. The van der Waals surface area contributed by atoms with Crippen molar-refractivity contribution in [3.63, 3.8) is 0 Å². The Labute approximate surface area is 64.7 Å². The van der Waals surface area contributed by atoms with Gasteiger partial charge < -0.3 is 0 Å². The van der Waals surface area contributed by atoms with Gasteiger partial charge in [0.05, 0.1) is 0 Å². The van der Waals surface area contributed by atoms with Crippen LogP contribution < -0.4 is 0 Å². The first kappa shape index (κ1) is 7.17. The van der Waals surface area contributed by atoms with Gasteiger partial charge in [-0.2, -0.15) is 5.26 Å². The van der Waals surface area contributed by atoms with Gasteiger partial charge in [-0.25, -0.2) is 0 Å². The zero-order chi connectivity index (χ0) is 7.23. The van der Waals surface area contributed by atoms with E-state index in [1.807, 2.05) is 29.7 Å². The number of hydrogen-bond acceptors (Lipinski definition) is 2. The SMILES string of the molecule is N#CSCc1c[c]ccc1. The van der Waals surface area contributed by atoms with Gasteiger partial charge in [0, 0.05) is 5.75 Å². The Kier molecular flexibility index (Phi) is 2.85. The molecule has 0 N–H and O–H groups in total. The standard InChI is InChI=1S/C8H6NS/c9-7-10-6-8-4-2-1-3-5-8/h1-2,4-5H,6H2. The predicted octanol–water partition coefficient (Wildman–Crippen LogP) is 2.20. The van der Waals surface area contributed by atoms with Crippen molar-refractivity contribution in [3.8, 4) is 5.40 Å². The second-order valence-electron chi connectivity index (χ2n) is 1.79. The number of hydrogen-bond donors (Lipinski definition) is 0. The van der Waals surface area contributed by atoms with Crippen LogP contribution in [0.15, 0.2) is 24.3 Å². The molecular weight excluding hydrogens is 142 g/mol. The Morgan fingerprint density at radius 2 is 2.60 bits per heavy atom. The van der Waals surface area contributed by atoms with Crippen molar-refractivity contribution in [1.29, 1.82) is 5.26 Å². The summed E-state index contributed by atoms with van der Waals surface area (Å²) in [6.45, 7) is 0. The highest BCUT2D eigenvalue weighted by Crippen LogP contribution is 2.08. The van der Waals surface area contributed by atoms with Gasteiger partial charge in [-0.15, -0.1) is 0 Å². The van der Waals surface area contributed by atoms with Crippen molar-refractivity contribution < 1.29 is 0 Å². The molecule has 0 aliphatic heterocycles. The first-order chi connectivity index (χ1) is 4.93. The second-order valence-corrected chi connectivity index (χ2v) is 2.55. The maximum absolute atomic E-state index is 8.23. The fourth-order valence-electron chi connectivity index (χ4n) is 0.636. The van der Waals surface area contributed by atoms with Crippen molar-refractivity contribution in [2.24, 2.45) is 0 Å². The lowest BCUT2D eigenvalue weighted by atomic mass is 10.2. The summed E-state index contributed by atoms with van der Waals surface area (Å²) in [7, 11) is 0. The van der Waals surface area contributed by atoms with E-state index in [1.165, 1.54) is 11.8 Å². The monoisotopic (exact) mass is 148 g/mol. The third kappa shape index (κ3) is 2.12. The van der Waals surface area contributed by atoms with E-state index in [-0.39, 0.29) is 0 Å². The minimum atomic E-state index is 0.758. The van der Waals surface area contributed by atoms with Gasteiger partial charge in [0.2, 0.25) is 0 Å². The maximum atomic E-state index is 8.23. The number of rotatable bonds is 2. The minimum Gasteiger partial charge on any atom is -0.185 e. The van der Waals surface area contributed by atoms with Crippen LogP contribution in [0.1, 0.15) is 5.56 Å². The van der Waals surface area contributed by atoms with Crippen molar-refractivity contribution in [2.75, 3.05) is 0 Å². The van der Waals surface area contributed by atoms with E-state index in [1.54, 1.807) is 0 Å². The average molecular weight is 148 g/mol. The van der Waals surface area contributed by atoms with Crippen LogP contribution in [0.5, 0.6) is 0 Å². The Balaban J connectivity index is 2.52. The zero-order valence-corrected chi connectivity index (χ0v) is 6.19. The van der Waals surface area contributed by atoms with Crippen LogP contribution in [0.2, 0.25) is 0 Å². The highest BCUT2D eigenvalue weighted by molar-refractivity contribution is 8.02. The molecule has 10 heavy (non-hydrogen) atoms. The van der Waals surface area contributed by atoms with Gasteiger partial charge >= 0.3 is 0 Å². The van der Waals surface area contributed by atoms with E-state index in [0.29, 0.717) is 0 Å². The molecule has 0 saturated carbocycles. The van der Waals surface area contributed by atoms with Crippen LogP contribution >= 0.6 is 11.8 Å². The van der Waals surface area contributed by atoms with Gasteiger partial charge in [-0.1, -0.05) is 24.3 Å². The molecule has 0 fully saturated rings. The molecule has 0 atom stereocenters. The lowest BCUT2D eigenvalue weighted by Gasteiger charge is -1.91. The molecule has 0 aromatic heterocycles. The van der Waals surface area contributed by atoms with Crippen LogP contribution in [-0.2, 0) is 5.75 Å². The highest BCUT2D eigenvalue weighted by atomic mass is 32.2. The van der Waals surface area contributed by atoms with Crippen molar-refractivity contribution >= 4 is 11.8 Å². The normalized spacial score (nSPS) is 8.70. The summed E-state index contributed by atoms with van der Waals surface area (Å²) in [5.41, 5.74) is 1.15. The van der Waals surface area contributed by atoms with E-state index in [2.05, 4.69) is 6.07 Å². The molecule has 49 valence electrons. The summed E-state index contributed by atoms with van der Waals surface area (Å²) in [4.78, 5) is 0. The van der Waals surface area contributed by atoms with E-state index in [9.17, 15) is 0 Å². The molecule has 0 saturated heterocycles. The first-order valence-electron chi connectivity index (χ1n) is 2.89. The minimum absolute atomic E-state index is 0.758. The Hall–Kier alpha value is -0.940. The molecule has 1 nitrogen and oxygen atoms in total. The van der Waals surface area contributed by atoms with Crippen molar-refractivity contribution in [3.05, 3.63) is 35.9 Å². The molecule has 0 unspecified atom stereocenters. The molecule has 0 aliphatic carbocycles. The Morgan fingerprint density at radius 1 is 1.70 bits per heavy atom. The summed E-state index contributed by atoms with van der Waals surface area (Å²) in [6, 6.07) is 10.6. The number of thioether (sulfide) groups is 1. The fraction of sp³-hybridized carbons (Fsp3) is 0.125. The summed E-state index contributed by atoms with van der Waals surface area (Å²) >= 11 is 1.25. The molecule has 1 aromatic carbocycles. The average Bonchev–Trinajstić information content (AvgIpc) is 2.03. The molecule has 0 bridgehead atoms. The number of benzene rings is 1. The van der Waals surface area contributed by atoms with Gasteiger partial charge in [0.15, 0.2) is 0 Å². The van der Waals surface area contributed by atoms with Crippen LogP contribution in [0.25, 0.3) is 0 Å². The molecule has 0 heterocycles. The topological polar surface area (TPSA) is 23.8 Å². The molecule has 1 radical (unpaired) electrons. The third-order valence-corrected chi connectivity index (χ3v) is 1.68. The maximum Gasteiger partial charge on any atom is 0.133 e. The lowest BCUT2D eigenvalue weighted by Crippen LogP contribution is -1.75. The largest absolute Gasteiger partial charge is 0.185 e.